The van der Waals surface area contributed by atoms with Gasteiger partial charge in [-0.25, -0.2) is 0 Å². The van der Waals surface area contributed by atoms with Gasteiger partial charge in [0, 0.05) is 6.42 Å². The molecule has 1 heterocycles. The third-order valence-corrected chi connectivity index (χ3v) is 6.72. The van der Waals surface area contributed by atoms with Gasteiger partial charge in [-0.2, -0.15) is 0 Å². The van der Waals surface area contributed by atoms with Crippen molar-refractivity contribution in [3.63, 3.8) is 0 Å². The first kappa shape index (κ1) is 38.9. The smallest absolute Gasteiger partial charge is 0.306 e. The topological polar surface area (TPSA) is 135 Å². The SMILES string of the molecule is CC/C=C\C/C=C\C/C=C\C/C=C\C/C=C\CCOCC(COC1OC(CO)C(O)C(O)C1O)OC(=O)CCCCCC. The van der Waals surface area contributed by atoms with Crippen LogP contribution in [0.3, 0.4) is 0 Å². The molecule has 0 bridgehead atoms. The van der Waals surface area contributed by atoms with Crippen LogP contribution in [-0.2, 0) is 23.7 Å². The molecular weight excluding hydrogens is 552 g/mol. The van der Waals surface area contributed by atoms with Crippen LogP contribution in [0.5, 0.6) is 0 Å². The minimum Gasteiger partial charge on any atom is -0.457 e. The van der Waals surface area contributed by atoms with Gasteiger partial charge in [0.25, 0.3) is 0 Å². The summed E-state index contributed by atoms with van der Waals surface area (Å²) in [6.07, 6.45) is 23.3. The van der Waals surface area contributed by atoms with Crippen molar-refractivity contribution in [3.8, 4) is 0 Å². The minimum atomic E-state index is -1.55. The van der Waals surface area contributed by atoms with E-state index < -0.39 is 43.4 Å². The number of carbonyl (C=O) groups excluding carboxylic acids is 1. The van der Waals surface area contributed by atoms with Gasteiger partial charge in [0.15, 0.2) is 6.29 Å². The fraction of sp³-hybridized carbons (Fsp3) is 0.676. The highest BCUT2D eigenvalue weighted by atomic mass is 16.7. The maximum absolute atomic E-state index is 12.4. The van der Waals surface area contributed by atoms with Crippen LogP contribution in [0.2, 0.25) is 0 Å². The van der Waals surface area contributed by atoms with Gasteiger partial charge in [0.05, 0.1) is 26.4 Å². The molecule has 0 aromatic rings. The summed E-state index contributed by atoms with van der Waals surface area (Å²) in [7, 11) is 0. The Morgan fingerprint density at radius 1 is 0.767 bits per heavy atom. The van der Waals surface area contributed by atoms with Gasteiger partial charge in [0.2, 0.25) is 0 Å². The molecule has 1 fully saturated rings. The second kappa shape index (κ2) is 26.3. The summed E-state index contributed by atoms with van der Waals surface area (Å²) in [4.78, 5) is 12.4. The third-order valence-electron chi connectivity index (χ3n) is 6.72. The van der Waals surface area contributed by atoms with Crippen LogP contribution >= 0.6 is 0 Å². The number of hydrogen-bond donors (Lipinski definition) is 4. The van der Waals surface area contributed by atoms with E-state index in [0.717, 1.165) is 57.8 Å². The highest BCUT2D eigenvalue weighted by Gasteiger charge is 2.44. The summed E-state index contributed by atoms with van der Waals surface area (Å²) >= 11 is 0. The van der Waals surface area contributed by atoms with E-state index in [1.807, 2.05) is 6.08 Å². The molecule has 9 nitrogen and oxygen atoms in total. The summed E-state index contributed by atoms with van der Waals surface area (Å²) < 4.78 is 22.3. The summed E-state index contributed by atoms with van der Waals surface area (Å²) in [5, 5.41) is 39.6. The fourth-order valence-corrected chi connectivity index (χ4v) is 4.20. The number of carbonyl (C=O) groups is 1. The zero-order valence-corrected chi connectivity index (χ0v) is 26.2. The van der Waals surface area contributed by atoms with Crippen molar-refractivity contribution >= 4 is 5.97 Å². The molecule has 0 spiro atoms. The highest BCUT2D eigenvalue weighted by molar-refractivity contribution is 5.69. The Morgan fingerprint density at radius 3 is 1.95 bits per heavy atom. The van der Waals surface area contributed by atoms with Gasteiger partial charge in [-0.05, 0) is 44.9 Å². The molecule has 1 aliphatic heterocycles. The monoisotopic (exact) mass is 608 g/mol. The molecule has 0 aliphatic carbocycles. The van der Waals surface area contributed by atoms with E-state index in [1.165, 1.54) is 0 Å². The normalized spacial score (nSPS) is 23.9. The summed E-state index contributed by atoms with van der Waals surface area (Å²) in [5.41, 5.74) is 0. The van der Waals surface area contributed by atoms with Gasteiger partial charge in [-0.15, -0.1) is 0 Å². The number of hydrogen-bond acceptors (Lipinski definition) is 9. The first-order chi connectivity index (χ1) is 20.9. The molecule has 0 saturated carbocycles. The third kappa shape index (κ3) is 19.0. The van der Waals surface area contributed by atoms with Crippen LogP contribution in [-0.4, -0.2) is 89.6 Å². The number of aliphatic hydroxyl groups is 4. The van der Waals surface area contributed by atoms with Crippen LogP contribution in [0.25, 0.3) is 0 Å². The Labute approximate surface area is 258 Å². The molecule has 1 saturated heterocycles. The molecule has 9 heteroatoms. The van der Waals surface area contributed by atoms with Crippen LogP contribution in [0.15, 0.2) is 60.8 Å². The number of unbranched alkanes of at least 4 members (excludes halogenated alkanes) is 3. The Bertz CT molecular complexity index is 834. The maximum atomic E-state index is 12.4. The van der Waals surface area contributed by atoms with Gasteiger partial charge < -0.3 is 39.4 Å². The van der Waals surface area contributed by atoms with Crippen LogP contribution in [0.4, 0.5) is 0 Å². The largest absolute Gasteiger partial charge is 0.457 e. The first-order valence-electron chi connectivity index (χ1n) is 15.9. The van der Waals surface area contributed by atoms with Crippen molar-refractivity contribution in [2.75, 3.05) is 26.4 Å². The Balaban J connectivity index is 2.38. The molecule has 1 aliphatic rings. The number of aliphatic hydroxyl groups excluding tert-OH is 4. The van der Waals surface area contributed by atoms with Crippen molar-refractivity contribution in [2.45, 2.75) is 121 Å². The molecule has 246 valence electrons. The van der Waals surface area contributed by atoms with Crippen molar-refractivity contribution in [3.05, 3.63) is 60.8 Å². The van der Waals surface area contributed by atoms with Crippen molar-refractivity contribution in [1.82, 2.24) is 0 Å². The second-order valence-electron chi connectivity index (χ2n) is 10.5. The molecule has 0 aromatic heterocycles. The van der Waals surface area contributed by atoms with Gasteiger partial charge in [-0.3, -0.25) is 4.79 Å². The Kier molecular flexibility index (Phi) is 23.8. The fourth-order valence-electron chi connectivity index (χ4n) is 4.20. The molecule has 43 heavy (non-hydrogen) atoms. The van der Waals surface area contributed by atoms with Crippen LogP contribution in [0.1, 0.15) is 84.5 Å². The van der Waals surface area contributed by atoms with E-state index in [9.17, 15) is 25.2 Å². The predicted molar refractivity (Wildman–Crippen MR) is 168 cm³/mol. The molecule has 0 aromatic carbocycles. The summed E-state index contributed by atoms with van der Waals surface area (Å²) in [6, 6.07) is 0. The molecular formula is C34H56O9. The molecule has 1 rings (SSSR count). The quantitative estimate of drug-likeness (QED) is 0.0690. The average Bonchev–Trinajstić information content (AvgIpc) is 3.00. The van der Waals surface area contributed by atoms with Gasteiger partial charge >= 0.3 is 5.97 Å². The van der Waals surface area contributed by atoms with E-state index in [-0.39, 0.29) is 25.6 Å². The molecule has 0 amide bonds. The van der Waals surface area contributed by atoms with E-state index in [2.05, 4.69) is 68.5 Å². The molecule has 6 atom stereocenters. The number of esters is 1. The van der Waals surface area contributed by atoms with E-state index in [1.54, 1.807) is 0 Å². The average molecular weight is 609 g/mol. The van der Waals surface area contributed by atoms with Gasteiger partial charge in [-0.1, -0.05) is 93.9 Å². The predicted octanol–water partition coefficient (Wildman–Crippen LogP) is 4.84. The van der Waals surface area contributed by atoms with Gasteiger partial charge in [0.1, 0.15) is 30.5 Å². The Hall–Kier alpha value is -2.11. The zero-order valence-electron chi connectivity index (χ0n) is 26.2. The van der Waals surface area contributed by atoms with E-state index in [0.29, 0.717) is 13.0 Å². The first-order valence-corrected chi connectivity index (χ1v) is 15.9. The highest BCUT2D eigenvalue weighted by Crippen LogP contribution is 2.22. The van der Waals surface area contributed by atoms with E-state index >= 15 is 0 Å². The lowest BCUT2D eigenvalue weighted by Crippen LogP contribution is -2.59. The van der Waals surface area contributed by atoms with E-state index in [4.69, 9.17) is 18.9 Å². The van der Waals surface area contributed by atoms with Crippen molar-refractivity contribution in [1.29, 1.82) is 0 Å². The molecule has 6 unspecified atom stereocenters. The zero-order chi connectivity index (χ0) is 31.5. The second-order valence-corrected chi connectivity index (χ2v) is 10.5. The lowest BCUT2D eigenvalue weighted by Gasteiger charge is -2.39. The molecule has 0 radical (unpaired) electrons. The standard InChI is InChI=1S/C34H56O9/c1-3-5-7-9-10-11-12-13-14-15-16-17-18-19-20-22-24-40-26-28(42-30(36)23-21-8-6-4-2)27-41-34-33(39)32(38)31(37)29(25-35)43-34/h5,7,10-11,13-14,16-17,19-20,28-29,31-35,37-39H,3-4,6,8-9,12,15,18,21-27H2,1-2H3/b7-5-,11-10-,14-13-,17-16-,20-19-. The Morgan fingerprint density at radius 2 is 1.37 bits per heavy atom. The number of allylic oxidation sites excluding steroid dienone is 9. The van der Waals surface area contributed by atoms with Crippen molar-refractivity contribution < 1.29 is 44.2 Å². The molecule has 4 N–H and O–H groups in total. The number of rotatable bonds is 24. The minimum absolute atomic E-state index is 0.0861. The van der Waals surface area contributed by atoms with Crippen LogP contribution in [0, 0.1) is 0 Å². The van der Waals surface area contributed by atoms with Crippen molar-refractivity contribution in [2.24, 2.45) is 0 Å². The lowest BCUT2D eigenvalue weighted by atomic mass is 9.99. The maximum Gasteiger partial charge on any atom is 0.306 e. The lowest BCUT2D eigenvalue weighted by molar-refractivity contribution is -0.305. The number of ether oxygens (including phenoxy) is 4. The summed E-state index contributed by atoms with van der Waals surface area (Å²) in [5.74, 6) is -0.361. The summed E-state index contributed by atoms with van der Waals surface area (Å²) in [6.45, 7) is 4.04. The van der Waals surface area contributed by atoms with Crippen LogP contribution < -0.4 is 0 Å².